The molecule has 4 fully saturated rings. The molecular formula is C23H30F3N5O. The summed E-state index contributed by atoms with van der Waals surface area (Å²) in [5, 5.41) is 11.9. The minimum absolute atomic E-state index is 0.0154. The fourth-order valence-electron chi connectivity index (χ4n) is 6.08. The first-order chi connectivity index (χ1) is 15.1. The highest BCUT2D eigenvalue weighted by Crippen LogP contribution is 2.61. The molecule has 1 aromatic rings. The van der Waals surface area contributed by atoms with Crippen LogP contribution in [0, 0.1) is 23.2 Å². The van der Waals surface area contributed by atoms with Crippen LogP contribution < -0.4 is 11.1 Å². The molecule has 0 amide bonds. The Kier molecular flexibility index (Phi) is 5.24. The number of rotatable bonds is 6. The van der Waals surface area contributed by atoms with Gasteiger partial charge in [0, 0.05) is 48.0 Å². The molecule has 0 aromatic carbocycles. The number of anilines is 1. The zero-order valence-electron chi connectivity index (χ0n) is 18.3. The van der Waals surface area contributed by atoms with Crippen LogP contribution in [0.1, 0.15) is 44.2 Å². The first-order valence-corrected chi connectivity index (χ1v) is 11.4. The molecular weight excluding hydrogens is 419 g/mol. The SMILES string of the molecule is CC(C)N/C(=C\C(=N)c1cnc(N)c(C(F)(F)F)c1)[C@H]1[C@@H]2C[C@H](N3C[C@H]4C[C@@H]3CO4)C[C@@H]21. The van der Waals surface area contributed by atoms with E-state index < -0.39 is 17.6 Å². The molecule has 1 aromatic heterocycles. The molecule has 2 saturated carbocycles. The molecule has 0 radical (unpaired) electrons. The van der Waals surface area contributed by atoms with Gasteiger partial charge >= 0.3 is 6.18 Å². The minimum Gasteiger partial charge on any atom is -0.386 e. The van der Waals surface area contributed by atoms with E-state index in [1.165, 1.54) is 6.20 Å². The zero-order valence-corrected chi connectivity index (χ0v) is 18.3. The van der Waals surface area contributed by atoms with Gasteiger partial charge in [-0.25, -0.2) is 4.98 Å². The van der Waals surface area contributed by atoms with E-state index in [-0.39, 0.29) is 17.3 Å². The van der Waals surface area contributed by atoms with Gasteiger partial charge in [0.15, 0.2) is 0 Å². The topological polar surface area (TPSA) is 87.3 Å². The summed E-state index contributed by atoms with van der Waals surface area (Å²) in [7, 11) is 0. The van der Waals surface area contributed by atoms with Gasteiger partial charge in [0.25, 0.3) is 0 Å². The number of hydrogen-bond donors (Lipinski definition) is 3. The second-order valence-corrected chi connectivity index (χ2v) is 9.99. The Balaban J connectivity index is 1.30. The summed E-state index contributed by atoms with van der Waals surface area (Å²) in [6, 6.07) is 2.27. The maximum Gasteiger partial charge on any atom is 0.419 e. The van der Waals surface area contributed by atoms with Gasteiger partial charge in [-0.15, -0.1) is 0 Å². The molecule has 2 bridgehead atoms. The minimum atomic E-state index is -4.60. The number of aromatic nitrogens is 1. The number of hydrogen-bond acceptors (Lipinski definition) is 6. The molecule has 0 spiro atoms. The van der Waals surface area contributed by atoms with E-state index in [2.05, 4.69) is 15.2 Å². The molecule has 6 atom stereocenters. The number of nitrogen functional groups attached to an aromatic ring is 1. The molecule has 5 rings (SSSR count). The van der Waals surface area contributed by atoms with Crippen LogP contribution in [-0.2, 0) is 10.9 Å². The van der Waals surface area contributed by atoms with Crippen LogP contribution in [-0.4, -0.2) is 53.0 Å². The van der Waals surface area contributed by atoms with Gasteiger partial charge < -0.3 is 21.2 Å². The molecule has 4 aliphatic rings. The number of ether oxygens (including phenoxy) is 1. The van der Waals surface area contributed by atoms with Gasteiger partial charge in [-0.2, -0.15) is 13.2 Å². The lowest BCUT2D eigenvalue weighted by molar-refractivity contribution is -0.137. The summed E-state index contributed by atoms with van der Waals surface area (Å²) < 4.78 is 45.4. The lowest BCUT2D eigenvalue weighted by atomic mass is 10.00. The number of likely N-dealkylation sites (tertiary alicyclic amines) is 1. The number of nitrogens with two attached hydrogens (primary N) is 1. The molecule has 6 nitrogen and oxygen atoms in total. The number of halogens is 3. The molecule has 174 valence electrons. The van der Waals surface area contributed by atoms with Crippen LogP contribution in [0.15, 0.2) is 24.0 Å². The van der Waals surface area contributed by atoms with Crippen molar-refractivity contribution in [1.29, 1.82) is 5.41 Å². The van der Waals surface area contributed by atoms with Crippen molar-refractivity contribution >= 4 is 11.5 Å². The Hall–Kier alpha value is -2.13. The highest BCUT2D eigenvalue weighted by Gasteiger charge is 2.59. The average Bonchev–Trinajstić information content (AvgIpc) is 3.14. The van der Waals surface area contributed by atoms with Gasteiger partial charge in [0.1, 0.15) is 5.82 Å². The largest absolute Gasteiger partial charge is 0.419 e. The van der Waals surface area contributed by atoms with Crippen LogP contribution >= 0.6 is 0 Å². The van der Waals surface area contributed by atoms with Crippen LogP contribution in [0.3, 0.4) is 0 Å². The van der Waals surface area contributed by atoms with Crippen molar-refractivity contribution in [2.45, 2.75) is 63.5 Å². The number of nitrogens with zero attached hydrogens (tertiary/aromatic N) is 2. The van der Waals surface area contributed by atoms with Gasteiger partial charge in [0.05, 0.1) is 24.0 Å². The van der Waals surface area contributed by atoms with Crippen LogP contribution in [0.25, 0.3) is 0 Å². The first kappa shape index (κ1) is 21.7. The Morgan fingerprint density at radius 2 is 2.00 bits per heavy atom. The monoisotopic (exact) mass is 449 g/mol. The van der Waals surface area contributed by atoms with Gasteiger partial charge in [0.2, 0.25) is 0 Å². The molecule has 2 aliphatic carbocycles. The predicted octanol–water partition coefficient (Wildman–Crippen LogP) is 3.43. The number of morpholine rings is 1. The summed E-state index contributed by atoms with van der Waals surface area (Å²) >= 11 is 0. The van der Waals surface area contributed by atoms with Gasteiger partial charge in [-0.1, -0.05) is 0 Å². The first-order valence-electron chi connectivity index (χ1n) is 11.4. The summed E-state index contributed by atoms with van der Waals surface area (Å²) in [6.45, 7) is 5.97. The lowest BCUT2D eigenvalue weighted by Crippen LogP contribution is -2.44. The van der Waals surface area contributed by atoms with Crippen molar-refractivity contribution in [3.8, 4) is 0 Å². The summed E-state index contributed by atoms with van der Waals surface area (Å²) in [4.78, 5) is 6.31. The number of pyridine rings is 1. The Morgan fingerprint density at radius 3 is 2.56 bits per heavy atom. The molecule has 4 N–H and O–H groups in total. The van der Waals surface area contributed by atoms with Crippen molar-refractivity contribution < 1.29 is 17.9 Å². The average molecular weight is 450 g/mol. The number of fused-ring (bicyclic) bond motifs is 3. The fraction of sp³-hybridized carbons (Fsp3) is 0.652. The van der Waals surface area contributed by atoms with Crippen LogP contribution in [0.5, 0.6) is 0 Å². The van der Waals surface area contributed by atoms with Crippen LogP contribution in [0.2, 0.25) is 0 Å². The van der Waals surface area contributed by atoms with E-state index in [0.29, 0.717) is 35.9 Å². The van der Waals surface area contributed by atoms with E-state index >= 15 is 0 Å². The molecule has 0 unspecified atom stereocenters. The van der Waals surface area contributed by atoms with Crippen molar-refractivity contribution in [3.05, 3.63) is 35.2 Å². The lowest BCUT2D eigenvalue weighted by Gasteiger charge is -2.34. The predicted molar refractivity (Wildman–Crippen MR) is 115 cm³/mol. The third kappa shape index (κ3) is 3.90. The summed E-state index contributed by atoms with van der Waals surface area (Å²) in [5.74, 6) is 0.914. The molecule has 32 heavy (non-hydrogen) atoms. The Bertz CT molecular complexity index is 934. The fourth-order valence-corrected chi connectivity index (χ4v) is 6.08. The summed E-state index contributed by atoms with van der Waals surface area (Å²) in [6.07, 6.45) is 2.18. The highest BCUT2D eigenvalue weighted by atomic mass is 19.4. The van der Waals surface area contributed by atoms with E-state index in [9.17, 15) is 13.2 Å². The molecule has 2 aliphatic heterocycles. The van der Waals surface area contributed by atoms with E-state index in [1.807, 2.05) is 13.8 Å². The highest BCUT2D eigenvalue weighted by molar-refractivity contribution is 6.07. The standard InChI is InChI=1S/C23H30F3N5O/c1-11(2)30-20(7-19(27)12-3-18(23(24,25)26)22(28)29-8-12)21-16-5-13(6-17(16)21)31-9-15-4-14(31)10-32-15/h3,7-8,11,13-17,21,27,30H,4-6,9-10H2,1-2H3,(H2,28,29)/b20-7-,27-19?/t13-,14-,15-,16+,17-,21-/m1/s1. The third-order valence-electron chi connectivity index (χ3n) is 7.48. The second-order valence-electron chi connectivity index (χ2n) is 9.99. The number of allylic oxidation sites excluding steroid dienone is 2. The Labute approximate surface area is 185 Å². The zero-order chi connectivity index (χ0) is 22.8. The van der Waals surface area contributed by atoms with Gasteiger partial charge in [-0.3, -0.25) is 4.90 Å². The quantitative estimate of drug-likeness (QED) is 0.580. The van der Waals surface area contributed by atoms with E-state index in [1.54, 1.807) is 6.08 Å². The van der Waals surface area contributed by atoms with Gasteiger partial charge in [-0.05, 0) is 57.1 Å². The normalized spacial score (nSPS) is 34.2. The molecule has 3 heterocycles. The van der Waals surface area contributed by atoms with Crippen LogP contribution in [0.4, 0.5) is 19.0 Å². The van der Waals surface area contributed by atoms with Crippen molar-refractivity contribution in [1.82, 2.24) is 15.2 Å². The van der Waals surface area contributed by atoms with E-state index in [0.717, 1.165) is 44.2 Å². The van der Waals surface area contributed by atoms with Crippen molar-refractivity contribution in [2.24, 2.45) is 17.8 Å². The third-order valence-corrected chi connectivity index (χ3v) is 7.48. The maximum atomic E-state index is 13.2. The molecule has 9 heteroatoms. The summed E-state index contributed by atoms with van der Waals surface area (Å²) in [5.41, 5.74) is 5.50. The number of nitrogens with one attached hydrogen (secondary N) is 2. The molecule has 2 saturated heterocycles. The van der Waals surface area contributed by atoms with Crippen molar-refractivity contribution in [2.75, 3.05) is 18.9 Å². The number of alkyl halides is 3. The van der Waals surface area contributed by atoms with E-state index in [4.69, 9.17) is 15.9 Å². The smallest absolute Gasteiger partial charge is 0.386 e. The van der Waals surface area contributed by atoms with Crippen molar-refractivity contribution in [3.63, 3.8) is 0 Å². The maximum absolute atomic E-state index is 13.2. The Morgan fingerprint density at radius 1 is 1.28 bits per heavy atom. The second kappa shape index (κ2) is 7.73.